The third-order valence-corrected chi connectivity index (χ3v) is 5.85. The summed E-state index contributed by atoms with van der Waals surface area (Å²) in [6.45, 7) is 0. The smallest absolute Gasteiger partial charge is 0.310 e. The number of carbonyl (C=O) groups excluding carboxylic acids is 1. The van der Waals surface area contributed by atoms with Gasteiger partial charge in [0.1, 0.15) is 0 Å². The molecule has 0 saturated carbocycles. The highest BCUT2D eigenvalue weighted by molar-refractivity contribution is 6.42. The van der Waals surface area contributed by atoms with Gasteiger partial charge in [0.15, 0.2) is 0 Å². The van der Waals surface area contributed by atoms with Crippen LogP contribution in [0.25, 0.3) is 0 Å². The summed E-state index contributed by atoms with van der Waals surface area (Å²) in [7, 11) is 3.58. The van der Waals surface area contributed by atoms with Crippen molar-refractivity contribution in [1.29, 1.82) is 0 Å². The zero-order chi connectivity index (χ0) is 15.1. The Hall–Kier alpha value is -0.770. The van der Waals surface area contributed by atoms with Crippen LogP contribution in [0.1, 0.15) is 30.7 Å². The highest BCUT2D eigenvalue weighted by atomic mass is 35.5. The van der Waals surface area contributed by atoms with Crippen molar-refractivity contribution in [2.75, 3.05) is 14.2 Å². The Morgan fingerprint density at radius 3 is 2.71 bits per heavy atom. The normalized spacial score (nSPS) is 32.2. The molecule has 0 radical (unpaired) electrons. The zero-order valence-corrected chi connectivity index (χ0v) is 13.7. The lowest BCUT2D eigenvalue weighted by Gasteiger charge is -2.41. The molecule has 3 rings (SSSR count). The third kappa shape index (κ3) is 2.56. The van der Waals surface area contributed by atoms with Crippen LogP contribution in [0.2, 0.25) is 10.0 Å². The number of esters is 1. The summed E-state index contributed by atoms with van der Waals surface area (Å²) < 4.78 is 5.07. The Balaban J connectivity index is 1.98. The fourth-order valence-corrected chi connectivity index (χ4v) is 4.32. The minimum Gasteiger partial charge on any atom is -0.469 e. The van der Waals surface area contributed by atoms with E-state index in [4.69, 9.17) is 27.9 Å². The maximum Gasteiger partial charge on any atom is 0.310 e. The SMILES string of the molecule is COC(=O)[C@H]1[C@H]2CC[C@H](C[C@H]1c1ccc(Cl)c(Cl)c1)N2C. The number of hydrogen-bond acceptors (Lipinski definition) is 3. The molecule has 5 heteroatoms. The molecule has 2 aliphatic heterocycles. The Bertz CT molecular complexity index is 563. The van der Waals surface area contributed by atoms with Gasteiger partial charge in [0.2, 0.25) is 0 Å². The first kappa shape index (κ1) is 15.1. The highest BCUT2D eigenvalue weighted by Crippen LogP contribution is 2.47. The van der Waals surface area contributed by atoms with Crippen molar-refractivity contribution in [3.63, 3.8) is 0 Å². The van der Waals surface area contributed by atoms with E-state index in [1.165, 1.54) is 7.11 Å². The molecule has 0 unspecified atom stereocenters. The van der Waals surface area contributed by atoms with Crippen molar-refractivity contribution in [1.82, 2.24) is 4.90 Å². The average molecular weight is 328 g/mol. The molecule has 4 atom stereocenters. The van der Waals surface area contributed by atoms with Gasteiger partial charge in [-0.3, -0.25) is 9.69 Å². The minimum atomic E-state index is -0.129. The highest BCUT2D eigenvalue weighted by Gasteiger charge is 2.49. The van der Waals surface area contributed by atoms with Crippen LogP contribution in [0.15, 0.2) is 18.2 Å². The van der Waals surface area contributed by atoms with Gasteiger partial charge in [0.25, 0.3) is 0 Å². The van der Waals surface area contributed by atoms with Crippen LogP contribution in [0.4, 0.5) is 0 Å². The molecular weight excluding hydrogens is 309 g/mol. The second-order valence-corrected chi connectivity index (χ2v) is 6.84. The standard InChI is InChI=1S/C16H19Cl2NO2/c1-19-10-4-6-14(19)15(16(20)21-2)11(8-10)9-3-5-12(17)13(18)7-9/h3,5,7,10-11,14-15H,4,6,8H2,1-2H3/t10-,11+,14-,15-/m1/s1. The first-order chi connectivity index (χ1) is 10.0. The van der Waals surface area contributed by atoms with Crippen LogP contribution in [-0.2, 0) is 9.53 Å². The van der Waals surface area contributed by atoms with Crippen LogP contribution in [0.3, 0.4) is 0 Å². The first-order valence-electron chi connectivity index (χ1n) is 7.27. The fourth-order valence-electron chi connectivity index (χ4n) is 4.01. The number of piperidine rings is 1. The van der Waals surface area contributed by atoms with E-state index >= 15 is 0 Å². The van der Waals surface area contributed by atoms with Crippen molar-refractivity contribution in [2.24, 2.45) is 5.92 Å². The maximum atomic E-state index is 12.3. The summed E-state index contributed by atoms with van der Waals surface area (Å²) in [5.74, 6) is -0.0971. The molecule has 114 valence electrons. The number of nitrogens with zero attached hydrogens (tertiary/aromatic N) is 1. The Labute approximate surface area is 135 Å². The Morgan fingerprint density at radius 1 is 1.29 bits per heavy atom. The zero-order valence-electron chi connectivity index (χ0n) is 12.2. The van der Waals surface area contributed by atoms with E-state index < -0.39 is 0 Å². The number of rotatable bonds is 2. The molecular formula is C16H19Cl2NO2. The summed E-state index contributed by atoms with van der Waals surface area (Å²) >= 11 is 12.2. The van der Waals surface area contributed by atoms with Crippen LogP contribution >= 0.6 is 23.2 Å². The second-order valence-electron chi connectivity index (χ2n) is 6.03. The molecule has 0 aliphatic carbocycles. The molecule has 21 heavy (non-hydrogen) atoms. The lowest BCUT2D eigenvalue weighted by atomic mass is 9.76. The van der Waals surface area contributed by atoms with Gasteiger partial charge >= 0.3 is 5.97 Å². The number of benzene rings is 1. The van der Waals surface area contributed by atoms with Crippen molar-refractivity contribution in [3.05, 3.63) is 33.8 Å². The lowest BCUT2D eigenvalue weighted by molar-refractivity contribution is -0.150. The number of methoxy groups -OCH3 is 1. The monoisotopic (exact) mass is 327 g/mol. The first-order valence-corrected chi connectivity index (χ1v) is 8.03. The average Bonchev–Trinajstić information content (AvgIpc) is 2.72. The molecule has 2 bridgehead atoms. The second kappa shape index (κ2) is 5.79. The summed E-state index contributed by atoms with van der Waals surface area (Å²) in [6.07, 6.45) is 3.16. The third-order valence-electron chi connectivity index (χ3n) is 5.11. The van der Waals surface area contributed by atoms with E-state index in [1.54, 1.807) is 0 Å². The molecule has 2 saturated heterocycles. The Morgan fingerprint density at radius 2 is 2.05 bits per heavy atom. The molecule has 1 aromatic rings. The molecule has 2 fully saturated rings. The predicted molar refractivity (Wildman–Crippen MR) is 83.9 cm³/mol. The van der Waals surface area contributed by atoms with Crippen LogP contribution in [-0.4, -0.2) is 37.1 Å². The van der Waals surface area contributed by atoms with Gasteiger partial charge in [-0.1, -0.05) is 29.3 Å². The molecule has 2 heterocycles. The predicted octanol–water partition coefficient (Wildman–Crippen LogP) is 3.73. The van der Waals surface area contributed by atoms with E-state index in [0.29, 0.717) is 16.1 Å². The molecule has 0 spiro atoms. The lowest BCUT2D eigenvalue weighted by Crippen LogP contribution is -2.49. The number of hydrogen-bond donors (Lipinski definition) is 0. The molecule has 1 aromatic carbocycles. The van der Waals surface area contributed by atoms with E-state index in [1.807, 2.05) is 18.2 Å². The van der Waals surface area contributed by atoms with Crippen molar-refractivity contribution >= 4 is 29.2 Å². The number of ether oxygens (including phenoxy) is 1. The summed E-state index contributed by atoms with van der Waals surface area (Å²) in [5.41, 5.74) is 1.09. The molecule has 3 nitrogen and oxygen atoms in total. The maximum absolute atomic E-state index is 12.3. The van der Waals surface area contributed by atoms with Crippen LogP contribution in [0, 0.1) is 5.92 Å². The van der Waals surface area contributed by atoms with Gasteiger partial charge in [-0.05, 0) is 44.0 Å². The van der Waals surface area contributed by atoms with Gasteiger partial charge in [-0.25, -0.2) is 0 Å². The van der Waals surface area contributed by atoms with Gasteiger partial charge in [0, 0.05) is 18.0 Å². The fraction of sp³-hybridized carbons (Fsp3) is 0.562. The molecule has 2 aliphatic rings. The Kier molecular flexibility index (Phi) is 4.17. The van der Waals surface area contributed by atoms with E-state index in [9.17, 15) is 4.79 Å². The van der Waals surface area contributed by atoms with Gasteiger partial charge < -0.3 is 4.74 Å². The number of carbonyl (C=O) groups is 1. The topological polar surface area (TPSA) is 29.5 Å². The summed E-state index contributed by atoms with van der Waals surface area (Å²) in [4.78, 5) is 14.7. The summed E-state index contributed by atoms with van der Waals surface area (Å²) in [6, 6.07) is 6.49. The number of fused-ring (bicyclic) bond motifs is 2. The molecule has 0 amide bonds. The van der Waals surface area contributed by atoms with Crippen molar-refractivity contribution in [2.45, 2.75) is 37.3 Å². The van der Waals surface area contributed by atoms with E-state index in [-0.39, 0.29) is 23.8 Å². The molecule has 0 aromatic heterocycles. The van der Waals surface area contributed by atoms with E-state index in [2.05, 4.69) is 11.9 Å². The largest absolute Gasteiger partial charge is 0.469 e. The summed E-state index contributed by atoms with van der Waals surface area (Å²) in [5, 5.41) is 1.09. The van der Waals surface area contributed by atoms with Crippen molar-refractivity contribution < 1.29 is 9.53 Å². The van der Waals surface area contributed by atoms with E-state index in [0.717, 1.165) is 24.8 Å². The van der Waals surface area contributed by atoms with Crippen molar-refractivity contribution in [3.8, 4) is 0 Å². The van der Waals surface area contributed by atoms with Gasteiger partial charge in [-0.2, -0.15) is 0 Å². The quantitative estimate of drug-likeness (QED) is 0.775. The number of halogens is 2. The van der Waals surface area contributed by atoms with Gasteiger partial charge in [-0.15, -0.1) is 0 Å². The minimum absolute atomic E-state index is 0.122. The molecule has 0 N–H and O–H groups in total. The van der Waals surface area contributed by atoms with Crippen LogP contribution in [0.5, 0.6) is 0 Å². The van der Waals surface area contributed by atoms with Gasteiger partial charge in [0.05, 0.1) is 23.1 Å². The van der Waals surface area contributed by atoms with Crippen LogP contribution < -0.4 is 0 Å².